The Balaban J connectivity index is 1.23. The van der Waals surface area contributed by atoms with E-state index in [4.69, 9.17) is 9.84 Å². The lowest BCUT2D eigenvalue weighted by molar-refractivity contribution is -0.138. The van der Waals surface area contributed by atoms with Gasteiger partial charge in [0.25, 0.3) is 0 Å². The van der Waals surface area contributed by atoms with Crippen LogP contribution in [0.15, 0.2) is 48.5 Å². The Morgan fingerprint density at radius 1 is 1.03 bits per heavy atom. The Bertz CT molecular complexity index is 1260. The van der Waals surface area contributed by atoms with Crippen molar-refractivity contribution in [3.8, 4) is 11.1 Å². The summed E-state index contributed by atoms with van der Waals surface area (Å²) in [6.45, 7) is -0.0975. The van der Waals surface area contributed by atoms with Crippen molar-refractivity contribution < 1.29 is 32.6 Å². The standard InChI is InChI=1S/C25H26N2O7S/c28-22(29)13-16-14-27(11-12-35(16,32)33)23(30)25(9-10-25)26-24(31)34-15-21-19-7-3-1-5-17(19)18-6-2-4-8-20(18)21/h1-8,16,21H,9-15H2,(H,26,31)(H,28,29). The third-order valence-corrected chi connectivity index (χ3v) is 9.19. The molecule has 1 saturated carbocycles. The molecule has 0 spiro atoms. The van der Waals surface area contributed by atoms with E-state index in [1.165, 1.54) is 4.90 Å². The number of hydrogen-bond donors (Lipinski definition) is 2. The van der Waals surface area contributed by atoms with E-state index in [0.717, 1.165) is 22.3 Å². The molecule has 184 valence electrons. The van der Waals surface area contributed by atoms with Crippen molar-refractivity contribution >= 4 is 27.8 Å². The van der Waals surface area contributed by atoms with Gasteiger partial charge in [-0.2, -0.15) is 0 Å². The van der Waals surface area contributed by atoms with Gasteiger partial charge >= 0.3 is 12.1 Å². The number of nitrogens with zero attached hydrogens (tertiary/aromatic N) is 1. The van der Waals surface area contributed by atoms with Gasteiger partial charge in [-0.05, 0) is 35.1 Å². The van der Waals surface area contributed by atoms with Crippen LogP contribution in [-0.4, -0.2) is 72.6 Å². The highest BCUT2D eigenvalue weighted by atomic mass is 32.2. The lowest BCUT2D eigenvalue weighted by atomic mass is 9.98. The van der Waals surface area contributed by atoms with E-state index in [9.17, 15) is 22.8 Å². The molecule has 2 aromatic rings. The number of rotatable bonds is 6. The zero-order chi connectivity index (χ0) is 24.8. The second kappa shape index (κ2) is 8.67. The van der Waals surface area contributed by atoms with E-state index >= 15 is 0 Å². The SMILES string of the molecule is O=C(O)CC1CN(C(=O)C2(NC(=O)OCC3c4ccccc4-c4ccccc43)CC2)CCS1(=O)=O. The van der Waals surface area contributed by atoms with Crippen molar-refractivity contribution in [1.82, 2.24) is 10.2 Å². The molecule has 9 nitrogen and oxygen atoms in total. The number of nitrogens with one attached hydrogen (secondary N) is 1. The van der Waals surface area contributed by atoms with Crippen LogP contribution < -0.4 is 5.32 Å². The van der Waals surface area contributed by atoms with Crippen LogP contribution in [0, 0.1) is 0 Å². The molecule has 35 heavy (non-hydrogen) atoms. The van der Waals surface area contributed by atoms with Gasteiger partial charge in [-0.15, -0.1) is 0 Å². The van der Waals surface area contributed by atoms with Crippen LogP contribution >= 0.6 is 0 Å². The normalized spacial score (nSPS) is 21.5. The predicted molar refractivity (Wildman–Crippen MR) is 127 cm³/mol. The molecule has 0 aromatic heterocycles. The van der Waals surface area contributed by atoms with Crippen molar-refractivity contribution in [3.63, 3.8) is 0 Å². The van der Waals surface area contributed by atoms with Crippen LogP contribution in [0.3, 0.4) is 0 Å². The molecule has 1 heterocycles. The van der Waals surface area contributed by atoms with Gasteiger partial charge in [0.1, 0.15) is 12.1 Å². The summed E-state index contributed by atoms with van der Waals surface area (Å²) in [7, 11) is -3.59. The third-order valence-electron chi connectivity index (χ3n) is 7.11. The van der Waals surface area contributed by atoms with Gasteiger partial charge in [0, 0.05) is 19.0 Å². The number of carbonyl (C=O) groups is 3. The largest absolute Gasteiger partial charge is 0.481 e. The maximum Gasteiger partial charge on any atom is 0.408 e. The van der Waals surface area contributed by atoms with Crippen molar-refractivity contribution in [2.24, 2.45) is 0 Å². The van der Waals surface area contributed by atoms with Gasteiger partial charge in [-0.1, -0.05) is 48.5 Å². The second-order valence-electron chi connectivity index (χ2n) is 9.37. The van der Waals surface area contributed by atoms with Gasteiger partial charge in [0.15, 0.2) is 9.84 Å². The van der Waals surface area contributed by atoms with Crippen molar-refractivity contribution in [2.45, 2.75) is 36.0 Å². The number of benzene rings is 2. The van der Waals surface area contributed by atoms with E-state index < -0.39 is 45.0 Å². The number of sulfone groups is 1. The monoisotopic (exact) mass is 498 g/mol. The molecule has 10 heteroatoms. The number of alkyl carbamates (subject to hydrolysis) is 1. The summed E-state index contributed by atoms with van der Waals surface area (Å²) in [5, 5.41) is 10.6. The zero-order valence-corrected chi connectivity index (χ0v) is 19.8. The average Bonchev–Trinajstić information content (AvgIpc) is 3.53. The number of ether oxygens (including phenoxy) is 1. The van der Waals surface area contributed by atoms with Gasteiger partial charge in [-0.25, -0.2) is 13.2 Å². The van der Waals surface area contributed by atoms with E-state index in [2.05, 4.69) is 5.32 Å². The molecule has 1 aliphatic heterocycles. The zero-order valence-electron chi connectivity index (χ0n) is 19.0. The fraction of sp³-hybridized carbons (Fsp3) is 0.400. The molecular weight excluding hydrogens is 472 g/mol. The number of amides is 2. The van der Waals surface area contributed by atoms with E-state index in [-0.39, 0.29) is 31.4 Å². The van der Waals surface area contributed by atoms with E-state index in [0.29, 0.717) is 12.8 Å². The first-order chi connectivity index (χ1) is 16.7. The lowest BCUT2D eigenvalue weighted by Crippen LogP contribution is -2.57. The fourth-order valence-corrected chi connectivity index (χ4v) is 6.69. The lowest BCUT2D eigenvalue weighted by Gasteiger charge is -2.34. The van der Waals surface area contributed by atoms with Crippen LogP contribution in [0.2, 0.25) is 0 Å². The maximum atomic E-state index is 13.2. The van der Waals surface area contributed by atoms with Crippen LogP contribution in [-0.2, 0) is 24.2 Å². The number of fused-ring (bicyclic) bond motifs is 3. The summed E-state index contributed by atoms with van der Waals surface area (Å²) in [6.07, 6.45) is -0.422. The molecule has 2 fully saturated rings. The van der Waals surface area contributed by atoms with Gasteiger partial charge in [0.2, 0.25) is 5.91 Å². The van der Waals surface area contributed by atoms with Crippen LogP contribution in [0.4, 0.5) is 4.79 Å². The molecule has 2 N–H and O–H groups in total. The Morgan fingerprint density at radius 2 is 1.63 bits per heavy atom. The van der Waals surface area contributed by atoms with Crippen molar-refractivity contribution in [3.05, 3.63) is 59.7 Å². The summed E-state index contributed by atoms with van der Waals surface area (Å²) in [6, 6.07) is 16.0. The van der Waals surface area contributed by atoms with E-state index in [1.807, 2.05) is 48.5 Å². The molecule has 2 aromatic carbocycles. The number of hydrogen-bond acceptors (Lipinski definition) is 6. The average molecular weight is 499 g/mol. The minimum Gasteiger partial charge on any atom is -0.481 e. The Morgan fingerprint density at radius 3 is 2.20 bits per heavy atom. The molecule has 1 unspecified atom stereocenters. The van der Waals surface area contributed by atoms with Crippen molar-refractivity contribution in [1.29, 1.82) is 0 Å². The Hall–Kier alpha value is -3.40. The minimum absolute atomic E-state index is 0.0224. The maximum absolute atomic E-state index is 13.2. The first-order valence-corrected chi connectivity index (χ1v) is 13.3. The summed E-state index contributed by atoms with van der Waals surface area (Å²) >= 11 is 0. The quantitative estimate of drug-likeness (QED) is 0.624. The number of carboxylic acid groups (broad SMARTS) is 1. The van der Waals surface area contributed by atoms with Crippen LogP contribution in [0.1, 0.15) is 36.3 Å². The molecule has 0 radical (unpaired) electrons. The molecular formula is C25H26N2O7S. The highest BCUT2D eigenvalue weighted by Gasteiger charge is 2.54. The van der Waals surface area contributed by atoms with Crippen molar-refractivity contribution in [2.75, 3.05) is 25.4 Å². The Labute approximate surface area is 203 Å². The summed E-state index contributed by atoms with van der Waals surface area (Å²) in [4.78, 5) is 38.3. The summed E-state index contributed by atoms with van der Waals surface area (Å²) < 4.78 is 30.0. The minimum atomic E-state index is -3.59. The smallest absolute Gasteiger partial charge is 0.408 e. The van der Waals surface area contributed by atoms with Gasteiger partial charge in [0.05, 0.1) is 17.4 Å². The molecule has 3 aliphatic rings. The highest BCUT2D eigenvalue weighted by molar-refractivity contribution is 7.92. The number of carboxylic acids is 1. The predicted octanol–water partition coefficient (Wildman–Crippen LogP) is 2.16. The fourth-order valence-electron chi connectivity index (χ4n) is 5.08. The topological polar surface area (TPSA) is 130 Å². The van der Waals surface area contributed by atoms with Gasteiger partial charge in [-0.3, -0.25) is 9.59 Å². The molecule has 2 amide bonds. The molecule has 5 rings (SSSR count). The van der Waals surface area contributed by atoms with Crippen LogP contribution in [0.5, 0.6) is 0 Å². The van der Waals surface area contributed by atoms with E-state index in [1.54, 1.807) is 0 Å². The highest BCUT2D eigenvalue weighted by Crippen LogP contribution is 2.44. The molecule has 1 saturated heterocycles. The summed E-state index contributed by atoms with van der Waals surface area (Å²) in [5.74, 6) is -2.03. The van der Waals surface area contributed by atoms with Crippen LogP contribution in [0.25, 0.3) is 11.1 Å². The second-order valence-corrected chi connectivity index (χ2v) is 11.8. The third kappa shape index (κ3) is 4.38. The number of aliphatic carboxylic acids is 1. The first kappa shape index (κ1) is 23.3. The summed E-state index contributed by atoms with van der Waals surface area (Å²) in [5.41, 5.74) is 3.26. The van der Waals surface area contributed by atoms with Gasteiger partial charge < -0.3 is 20.1 Å². The first-order valence-electron chi connectivity index (χ1n) is 11.6. The number of carbonyl (C=O) groups excluding carboxylic acids is 2. The Kier molecular flexibility index (Phi) is 5.79. The molecule has 0 bridgehead atoms. The molecule has 2 aliphatic carbocycles. The molecule has 1 atom stereocenters.